The molecule has 2 aromatic rings. The largest absolute Gasteiger partial charge is 0.480 e. The van der Waals surface area contributed by atoms with Crippen LogP contribution < -0.4 is 21.3 Å². The Hall–Kier alpha value is -3.40. The summed E-state index contributed by atoms with van der Waals surface area (Å²) in [6.07, 6.45) is 3.81. The molecule has 10 heteroatoms. The first-order chi connectivity index (χ1) is 16.2. The zero-order chi connectivity index (χ0) is 24.7. The lowest BCUT2D eigenvalue weighted by molar-refractivity contribution is -0.142. The van der Waals surface area contributed by atoms with Gasteiger partial charge in [-0.1, -0.05) is 32.0 Å². The molecule has 3 unspecified atom stereocenters. The van der Waals surface area contributed by atoms with Gasteiger partial charge in [0.1, 0.15) is 12.1 Å². The van der Waals surface area contributed by atoms with E-state index in [9.17, 15) is 24.3 Å². The number of nitrogens with one attached hydrogen (secondary N) is 5. The molecule has 1 aromatic heterocycles. The number of fused-ring (bicyclic) bond motifs is 1. The van der Waals surface area contributed by atoms with Gasteiger partial charge in [-0.2, -0.15) is 0 Å². The second-order valence-corrected chi connectivity index (χ2v) is 9.08. The molecule has 1 aliphatic rings. The number of carbonyl (C=O) groups excluding carboxylic acids is 3. The summed E-state index contributed by atoms with van der Waals surface area (Å²) < 4.78 is 0. The third kappa shape index (κ3) is 6.80. The highest BCUT2D eigenvalue weighted by atomic mass is 16.4. The van der Waals surface area contributed by atoms with Crippen LogP contribution in [0.5, 0.6) is 0 Å². The first-order valence-corrected chi connectivity index (χ1v) is 11.6. The van der Waals surface area contributed by atoms with Gasteiger partial charge in [0, 0.05) is 23.5 Å². The lowest BCUT2D eigenvalue weighted by Gasteiger charge is -2.22. The number of rotatable bonds is 11. The van der Waals surface area contributed by atoms with Gasteiger partial charge in [-0.25, -0.2) is 4.79 Å². The number of aromatic amines is 1. The Balaban J connectivity index is 1.71. The molecule has 0 saturated carbocycles. The number of carboxylic acid groups (broad SMARTS) is 1. The fourth-order valence-electron chi connectivity index (χ4n) is 4.14. The van der Waals surface area contributed by atoms with E-state index in [2.05, 4.69) is 26.3 Å². The van der Waals surface area contributed by atoms with E-state index in [4.69, 9.17) is 0 Å². The summed E-state index contributed by atoms with van der Waals surface area (Å²) in [4.78, 5) is 52.7. The normalized spacial score (nSPS) is 17.3. The van der Waals surface area contributed by atoms with Crippen molar-refractivity contribution < 1.29 is 24.3 Å². The SMILES string of the molecule is CC(C)CC(NC(=O)C(Cc1c[nH]c2ccccc12)NC(=O)CNC(=O)C1CCCN1)C(=O)O. The highest BCUT2D eigenvalue weighted by Crippen LogP contribution is 2.19. The van der Waals surface area contributed by atoms with Crippen LogP contribution in [-0.4, -0.2) is 65.0 Å². The van der Waals surface area contributed by atoms with E-state index in [1.54, 1.807) is 6.20 Å². The molecule has 2 heterocycles. The molecule has 1 saturated heterocycles. The number of hydrogen-bond acceptors (Lipinski definition) is 5. The van der Waals surface area contributed by atoms with Gasteiger partial charge in [0.2, 0.25) is 17.7 Å². The summed E-state index contributed by atoms with van der Waals surface area (Å²) in [6.45, 7) is 4.23. The molecule has 3 rings (SSSR count). The Morgan fingerprint density at radius 1 is 1.12 bits per heavy atom. The Labute approximate surface area is 198 Å². The monoisotopic (exact) mass is 471 g/mol. The van der Waals surface area contributed by atoms with Gasteiger partial charge in [-0.05, 0) is 43.4 Å². The summed E-state index contributed by atoms with van der Waals surface area (Å²) in [5, 5.41) is 21.3. The number of amides is 3. The third-order valence-corrected chi connectivity index (χ3v) is 5.87. The van der Waals surface area contributed by atoms with Gasteiger partial charge in [0.05, 0.1) is 12.6 Å². The van der Waals surface area contributed by atoms with Crippen LogP contribution in [0.1, 0.15) is 38.7 Å². The smallest absolute Gasteiger partial charge is 0.326 e. The van der Waals surface area contributed by atoms with Gasteiger partial charge in [-0.15, -0.1) is 0 Å². The molecular weight excluding hydrogens is 438 g/mol. The molecule has 1 fully saturated rings. The standard InChI is InChI=1S/C24H33N5O5/c1-14(2)10-20(24(33)34)29-23(32)19(11-15-12-26-17-7-4-3-6-16(15)17)28-21(30)13-27-22(31)18-8-5-9-25-18/h3-4,6-7,12,14,18-20,25-26H,5,8-11,13H2,1-2H3,(H,27,31)(H,28,30)(H,29,32)(H,33,34). The Kier molecular flexibility index (Phi) is 8.64. The summed E-state index contributed by atoms with van der Waals surface area (Å²) >= 11 is 0. The summed E-state index contributed by atoms with van der Waals surface area (Å²) in [5.41, 5.74) is 1.70. The molecule has 184 valence electrons. The number of hydrogen-bond donors (Lipinski definition) is 6. The second kappa shape index (κ2) is 11.6. The third-order valence-electron chi connectivity index (χ3n) is 5.87. The first-order valence-electron chi connectivity index (χ1n) is 11.6. The molecule has 0 aliphatic carbocycles. The van der Waals surface area contributed by atoms with Crippen LogP contribution in [0.3, 0.4) is 0 Å². The molecule has 0 spiro atoms. The highest BCUT2D eigenvalue weighted by molar-refractivity contribution is 5.93. The maximum atomic E-state index is 13.1. The van der Waals surface area contributed by atoms with Crippen LogP contribution in [0.15, 0.2) is 30.5 Å². The minimum atomic E-state index is -1.13. The number of aliphatic carboxylic acids is 1. The number of carboxylic acids is 1. The van der Waals surface area contributed by atoms with Crippen molar-refractivity contribution in [1.82, 2.24) is 26.3 Å². The van der Waals surface area contributed by atoms with E-state index in [-0.39, 0.29) is 37.3 Å². The first kappa shape index (κ1) is 25.2. The quantitative estimate of drug-likeness (QED) is 0.283. The molecule has 3 atom stereocenters. The Morgan fingerprint density at radius 2 is 1.88 bits per heavy atom. The van der Waals surface area contributed by atoms with E-state index in [1.807, 2.05) is 38.1 Å². The molecule has 3 amide bonds. The average Bonchev–Trinajstić information content (AvgIpc) is 3.47. The van der Waals surface area contributed by atoms with E-state index >= 15 is 0 Å². The van der Waals surface area contributed by atoms with Crippen LogP contribution in [0.4, 0.5) is 0 Å². The van der Waals surface area contributed by atoms with Crippen molar-refractivity contribution in [3.63, 3.8) is 0 Å². The van der Waals surface area contributed by atoms with Crippen molar-refractivity contribution in [1.29, 1.82) is 0 Å². The van der Waals surface area contributed by atoms with Crippen molar-refractivity contribution in [2.45, 2.75) is 57.7 Å². The van der Waals surface area contributed by atoms with Gasteiger partial charge >= 0.3 is 5.97 Å². The lowest BCUT2D eigenvalue weighted by atomic mass is 10.0. The van der Waals surface area contributed by atoms with Crippen molar-refractivity contribution >= 4 is 34.6 Å². The molecule has 1 aromatic carbocycles. The van der Waals surface area contributed by atoms with Crippen molar-refractivity contribution in [2.24, 2.45) is 5.92 Å². The van der Waals surface area contributed by atoms with Crippen LogP contribution in [-0.2, 0) is 25.6 Å². The number of H-pyrrole nitrogens is 1. The average molecular weight is 472 g/mol. The molecule has 6 N–H and O–H groups in total. The minimum Gasteiger partial charge on any atom is -0.480 e. The molecule has 10 nitrogen and oxygen atoms in total. The number of benzene rings is 1. The summed E-state index contributed by atoms with van der Waals surface area (Å²) in [5.74, 6) is -2.44. The van der Waals surface area contributed by atoms with Crippen LogP contribution in [0.2, 0.25) is 0 Å². The fraction of sp³-hybridized carbons (Fsp3) is 0.500. The molecular formula is C24H33N5O5. The number of aromatic nitrogens is 1. The van der Waals surface area contributed by atoms with Gasteiger partial charge < -0.3 is 31.4 Å². The predicted octanol–water partition coefficient (Wildman–Crippen LogP) is 0.679. The predicted molar refractivity (Wildman–Crippen MR) is 127 cm³/mol. The van der Waals surface area contributed by atoms with Gasteiger partial charge in [0.15, 0.2) is 0 Å². The maximum absolute atomic E-state index is 13.1. The molecule has 34 heavy (non-hydrogen) atoms. The van der Waals surface area contributed by atoms with Gasteiger partial charge in [0.25, 0.3) is 0 Å². The van der Waals surface area contributed by atoms with Crippen molar-refractivity contribution in [2.75, 3.05) is 13.1 Å². The van der Waals surface area contributed by atoms with Crippen molar-refractivity contribution in [3.05, 3.63) is 36.0 Å². The molecule has 0 radical (unpaired) electrons. The van der Waals surface area contributed by atoms with Crippen molar-refractivity contribution in [3.8, 4) is 0 Å². The van der Waals surface area contributed by atoms with Crippen LogP contribution in [0.25, 0.3) is 10.9 Å². The van der Waals surface area contributed by atoms with Crippen LogP contribution >= 0.6 is 0 Å². The van der Waals surface area contributed by atoms with E-state index in [1.165, 1.54) is 0 Å². The van der Waals surface area contributed by atoms with Gasteiger partial charge in [-0.3, -0.25) is 14.4 Å². The molecule has 0 bridgehead atoms. The second-order valence-electron chi connectivity index (χ2n) is 9.08. The minimum absolute atomic E-state index is 0.0578. The number of para-hydroxylation sites is 1. The Bertz CT molecular complexity index is 1030. The van der Waals surface area contributed by atoms with E-state index < -0.39 is 29.9 Å². The molecule has 1 aliphatic heterocycles. The van der Waals surface area contributed by atoms with E-state index in [0.29, 0.717) is 6.42 Å². The fourth-order valence-corrected chi connectivity index (χ4v) is 4.14. The van der Waals surface area contributed by atoms with E-state index in [0.717, 1.165) is 29.4 Å². The highest BCUT2D eigenvalue weighted by Gasteiger charge is 2.28. The summed E-state index contributed by atoms with van der Waals surface area (Å²) in [7, 11) is 0. The zero-order valence-electron chi connectivity index (χ0n) is 19.5. The van der Waals surface area contributed by atoms with Crippen LogP contribution in [0, 0.1) is 5.92 Å². The number of carbonyl (C=O) groups is 4. The Morgan fingerprint density at radius 3 is 2.56 bits per heavy atom. The maximum Gasteiger partial charge on any atom is 0.326 e. The zero-order valence-corrected chi connectivity index (χ0v) is 19.5. The summed E-state index contributed by atoms with van der Waals surface area (Å²) in [6, 6.07) is 5.19. The topological polar surface area (TPSA) is 152 Å². The lowest BCUT2D eigenvalue weighted by Crippen LogP contribution is -2.54.